The molecular weight excluding hydrogens is 282 g/mol. The van der Waals surface area contributed by atoms with E-state index in [0.717, 1.165) is 11.5 Å². The van der Waals surface area contributed by atoms with Crippen molar-refractivity contribution < 1.29 is 19.2 Å². The minimum Gasteiger partial charge on any atom is -0.379 e. The molecule has 0 spiro atoms. The second kappa shape index (κ2) is 6.58. The average molecular weight is 305 g/mol. The fourth-order valence-electron chi connectivity index (χ4n) is 2.10. The maximum Gasteiger partial charge on any atom is 0.285 e. The van der Waals surface area contributed by atoms with E-state index in [4.69, 9.17) is 9.57 Å². The highest BCUT2D eigenvalue weighted by Crippen LogP contribution is 2.23. The van der Waals surface area contributed by atoms with Gasteiger partial charge in [0.15, 0.2) is 0 Å². The summed E-state index contributed by atoms with van der Waals surface area (Å²) in [6.07, 6.45) is 0.564. The van der Waals surface area contributed by atoms with E-state index in [2.05, 4.69) is 20.8 Å². The van der Waals surface area contributed by atoms with Crippen molar-refractivity contribution >= 4 is 11.8 Å². The summed E-state index contributed by atoms with van der Waals surface area (Å²) < 4.78 is 5.56. The molecule has 0 saturated heterocycles. The van der Waals surface area contributed by atoms with Gasteiger partial charge in [-0.05, 0) is 30.9 Å². The lowest BCUT2D eigenvalue weighted by Gasteiger charge is -2.21. The molecule has 1 aliphatic rings. The molecule has 2 amide bonds. The van der Waals surface area contributed by atoms with E-state index in [1.165, 1.54) is 0 Å². The molecule has 0 aliphatic carbocycles. The van der Waals surface area contributed by atoms with Crippen LogP contribution < -0.4 is 0 Å². The van der Waals surface area contributed by atoms with Crippen molar-refractivity contribution in [2.75, 3.05) is 13.2 Å². The molecule has 1 aliphatic heterocycles. The standard InChI is InChI=1S/C17H23NO4/c1-12(11-21-10-9-17(2,3)4)22-18-15(19)13-7-5-6-8-14(13)16(18)20/h5-8,12H,9-11H2,1-4H3. The largest absolute Gasteiger partial charge is 0.379 e. The van der Waals surface area contributed by atoms with Crippen LogP contribution in [0.25, 0.3) is 0 Å². The van der Waals surface area contributed by atoms with Crippen molar-refractivity contribution in [3.8, 4) is 0 Å². The van der Waals surface area contributed by atoms with Gasteiger partial charge >= 0.3 is 0 Å². The van der Waals surface area contributed by atoms with Gasteiger partial charge in [0.1, 0.15) is 6.10 Å². The molecule has 0 saturated carbocycles. The fourth-order valence-corrected chi connectivity index (χ4v) is 2.10. The number of amides is 2. The Morgan fingerprint density at radius 1 is 1.09 bits per heavy atom. The van der Waals surface area contributed by atoms with Crippen LogP contribution in [0.2, 0.25) is 0 Å². The summed E-state index contributed by atoms with van der Waals surface area (Å²) >= 11 is 0. The first-order valence-corrected chi connectivity index (χ1v) is 7.52. The molecule has 0 N–H and O–H groups in total. The number of nitrogens with zero attached hydrogens (tertiary/aromatic N) is 1. The summed E-state index contributed by atoms with van der Waals surface area (Å²) in [5.74, 6) is -0.829. The van der Waals surface area contributed by atoms with Gasteiger partial charge in [0.2, 0.25) is 0 Å². The van der Waals surface area contributed by atoms with Crippen molar-refractivity contribution in [3.05, 3.63) is 35.4 Å². The maximum absolute atomic E-state index is 12.1. The average Bonchev–Trinajstić information content (AvgIpc) is 2.68. The van der Waals surface area contributed by atoms with Crippen molar-refractivity contribution in [1.29, 1.82) is 0 Å². The zero-order chi connectivity index (χ0) is 16.3. The number of hydrogen-bond acceptors (Lipinski definition) is 4. The highest BCUT2D eigenvalue weighted by Gasteiger charge is 2.37. The monoisotopic (exact) mass is 305 g/mol. The molecule has 120 valence electrons. The smallest absolute Gasteiger partial charge is 0.285 e. The van der Waals surface area contributed by atoms with Gasteiger partial charge < -0.3 is 4.74 Å². The summed E-state index contributed by atoms with van der Waals surface area (Å²) in [5, 5.41) is 0.836. The van der Waals surface area contributed by atoms with Crippen LogP contribution in [0.4, 0.5) is 0 Å². The van der Waals surface area contributed by atoms with E-state index in [9.17, 15) is 9.59 Å². The van der Waals surface area contributed by atoms with Gasteiger partial charge in [0.25, 0.3) is 11.8 Å². The molecule has 0 aromatic heterocycles. The Labute approximate surface area is 131 Å². The maximum atomic E-state index is 12.1. The Kier molecular flexibility index (Phi) is 4.98. The summed E-state index contributed by atoms with van der Waals surface area (Å²) in [6.45, 7) is 9.18. The lowest BCUT2D eigenvalue weighted by Crippen LogP contribution is -2.35. The molecule has 5 heteroatoms. The Balaban J connectivity index is 1.84. The molecule has 1 aromatic rings. The second-order valence-corrected chi connectivity index (χ2v) is 6.75. The zero-order valence-electron chi connectivity index (χ0n) is 13.6. The van der Waals surface area contributed by atoms with E-state index in [-0.39, 0.29) is 11.5 Å². The first-order valence-electron chi connectivity index (χ1n) is 7.52. The molecule has 1 atom stereocenters. The first-order chi connectivity index (χ1) is 10.3. The summed E-state index contributed by atoms with van der Waals surface area (Å²) in [6, 6.07) is 6.71. The number of hydroxylamine groups is 2. The van der Waals surface area contributed by atoms with E-state index >= 15 is 0 Å². The quantitative estimate of drug-likeness (QED) is 0.599. The third kappa shape index (κ3) is 3.93. The van der Waals surface area contributed by atoms with Crippen LogP contribution in [0.15, 0.2) is 24.3 Å². The number of carbonyl (C=O) groups excluding carboxylic acids is 2. The molecule has 2 rings (SSSR count). The Bertz CT molecular complexity index is 527. The zero-order valence-corrected chi connectivity index (χ0v) is 13.6. The van der Waals surface area contributed by atoms with Crippen molar-refractivity contribution in [2.24, 2.45) is 5.41 Å². The van der Waals surface area contributed by atoms with Crippen LogP contribution in [0, 0.1) is 5.41 Å². The number of benzene rings is 1. The van der Waals surface area contributed by atoms with Crippen LogP contribution in [0.3, 0.4) is 0 Å². The van der Waals surface area contributed by atoms with Crippen LogP contribution in [0.1, 0.15) is 54.8 Å². The first kappa shape index (κ1) is 16.6. The van der Waals surface area contributed by atoms with Gasteiger partial charge in [-0.15, -0.1) is 5.06 Å². The molecule has 0 radical (unpaired) electrons. The number of carbonyl (C=O) groups is 2. The number of rotatable bonds is 6. The Morgan fingerprint density at radius 3 is 2.14 bits per heavy atom. The number of ether oxygens (including phenoxy) is 1. The molecule has 5 nitrogen and oxygen atoms in total. The van der Waals surface area contributed by atoms with Crippen molar-refractivity contribution in [3.63, 3.8) is 0 Å². The van der Waals surface area contributed by atoms with Gasteiger partial charge in [-0.3, -0.25) is 14.4 Å². The minimum absolute atomic E-state index is 0.215. The van der Waals surface area contributed by atoms with Gasteiger partial charge in [0, 0.05) is 6.61 Å². The predicted octanol–water partition coefficient (Wildman–Crippen LogP) is 3.06. The number of hydrogen-bond donors (Lipinski definition) is 0. The summed E-state index contributed by atoms with van der Waals surface area (Å²) in [4.78, 5) is 29.7. The van der Waals surface area contributed by atoms with E-state index in [1.54, 1.807) is 31.2 Å². The molecule has 0 bridgehead atoms. The predicted molar refractivity (Wildman–Crippen MR) is 82.4 cm³/mol. The molecule has 1 unspecified atom stereocenters. The molecule has 0 fully saturated rings. The fraction of sp³-hybridized carbons (Fsp3) is 0.529. The number of imide groups is 1. The molecule has 22 heavy (non-hydrogen) atoms. The van der Waals surface area contributed by atoms with E-state index < -0.39 is 11.8 Å². The lowest BCUT2D eigenvalue weighted by atomic mass is 9.93. The van der Waals surface area contributed by atoms with Crippen LogP contribution >= 0.6 is 0 Å². The molecular formula is C17H23NO4. The van der Waals surface area contributed by atoms with Gasteiger partial charge in [-0.1, -0.05) is 32.9 Å². The Morgan fingerprint density at radius 2 is 1.64 bits per heavy atom. The van der Waals surface area contributed by atoms with Crippen LogP contribution in [0.5, 0.6) is 0 Å². The third-order valence-corrected chi connectivity index (χ3v) is 3.39. The SMILES string of the molecule is CC(COCCC(C)(C)C)ON1C(=O)c2ccccc2C1=O. The summed E-state index contributed by atoms with van der Waals surface area (Å²) in [7, 11) is 0. The summed E-state index contributed by atoms with van der Waals surface area (Å²) in [5.41, 5.74) is 0.980. The third-order valence-electron chi connectivity index (χ3n) is 3.39. The molecule has 1 aromatic carbocycles. The highest BCUT2D eigenvalue weighted by molar-refractivity contribution is 6.20. The van der Waals surface area contributed by atoms with Gasteiger partial charge in [0.05, 0.1) is 17.7 Å². The van der Waals surface area contributed by atoms with Crippen molar-refractivity contribution in [2.45, 2.75) is 40.2 Å². The van der Waals surface area contributed by atoms with Crippen LogP contribution in [-0.2, 0) is 9.57 Å². The van der Waals surface area contributed by atoms with Gasteiger partial charge in [-0.25, -0.2) is 0 Å². The van der Waals surface area contributed by atoms with Gasteiger partial charge in [-0.2, -0.15) is 0 Å². The van der Waals surface area contributed by atoms with E-state index in [0.29, 0.717) is 24.3 Å². The molecule has 1 heterocycles. The van der Waals surface area contributed by atoms with Crippen LogP contribution in [-0.4, -0.2) is 36.2 Å². The number of fused-ring (bicyclic) bond motifs is 1. The van der Waals surface area contributed by atoms with Crippen molar-refractivity contribution in [1.82, 2.24) is 5.06 Å². The second-order valence-electron chi connectivity index (χ2n) is 6.75. The highest BCUT2D eigenvalue weighted by atomic mass is 16.7. The Hall–Kier alpha value is -1.72. The van der Waals surface area contributed by atoms with E-state index in [1.807, 2.05) is 0 Å². The minimum atomic E-state index is -0.415. The topological polar surface area (TPSA) is 55.8 Å². The lowest BCUT2D eigenvalue weighted by molar-refractivity contribution is -0.144. The normalized spacial score (nSPS) is 16.1.